The molecule has 0 bridgehead atoms. The van der Waals surface area contributed by atoms with E-state index < -0.39 is 10.0 Å². The predicted molar refractivity (Wildman–Crippen MR) is 60.2 cm³/mol. The highest BCUT2D eigenvalue weighted by Crippen LogP contribution is 2.22. The van der Waals surface area contributed by atoms with Gasteiger partial charge in [-0.05, 0) is 25.7 Å². The van der Waals surface area contributed by atoms with Gasteiger partial charge in [-0.2, -0.15) is 4.31 Å². The fourth-order valence-corrected chi connectivity index (χ4v) is 3.39. The van der Waals surface area contributed by atoms with Crippen molar-refractivity contribution >= 4 is 10.0 Å². The van der Waals surface area contributed by atoms with Crippen molar-refractivity contribution in [1.82, 2.24) is 9.62 Å². The van der Waals surface area contributed by atoms with E-state index in [9.17, 15) is 8.42 Å². The van der Waals surface area contributed by atoms with E-state index in [2.05, 4.69) is 5.32 Å². The van der Waals surface area contributed by atoms with Gasteiger partial charge in [0.05, 0.1) is 6.26 Å². The van der Waals surface area contributed by atoms with Crippen LogP contribution in [-0.2, 0) is 10.0 Å². The molecule has 0 amide bonds. The normalized spacial score (nSPS) is 29.3. The summed E-state index contributed by atoms with van der Waals surface area (Å²) in [5, 5.41) is 3.42. The molecular weight excluding hydrogens is 212 g/mol. The van der Waals surface area contributed by atoms with Crippen LogP contribution in [0.3, 0.4) is 0 Å². The lowest BCUT2D eigenvalue weighted by Gasteiger charge is -2.33. The standard InChI is InChI=1S/C10H20N2O2S/c1-15(13,14)12-7-3-2-4-10(12)8-11-9-5-6-9/h9-11H,2-8H2,1H3. The van der Waals surface area contributed by atoms with Gasteiger partial charge in [0.1, 0.15) is 0 Å². The first kappa shape index (κ1) is 11.4. The van der Waals surface area contributed by atoms with Crippen molar-refractivity contribution in [3.8, 4) is 0 Å². The Labute approximate surface area is 92.1 Å². The monoisotopic (exact) mass is 232 g/mol. The Kier molecular flexibility index (Phi) is 3.33. The van der Waals surface area contributed by atoms with Crippen LogP contribution in [-0.4, -0.2) is 44.2 Å². The summed E-state index contributed by atoms with van der Waals surface area (Å²) in [4.78, 5) is 0. The summed E-state index contributed by atoms with van der Waals surface area (Å²) >= 11 is 0. The van der Waals surface area contributed by atoms with Gasteiger partial charge in [0.15, 0.2) is 0 Å². The average Bonchev–Trinajstić information content (AvgIpc) is 2.97. The number of hydrogen-bond donors (Lipinski definition) is 1. The molecule has 4 nitrogen and oxygen atoms in total. The molecule has 15 heavy (non-hydrogen) atoms. The van der Waals surface area contributed by atoms with Gasteiger partial charge in [-0.3, -0.25) is 0 Å². The Morgan fingerprint density at radius 1 is 1.27 bits per heavy atom. The molecule has 0 aromatic heterocycles. The molecule has 88 valence electrons. The zero-order chi connectivity index (χ0) is 10.9. The van der Waals surface area contributed by atoms with E-state index in [-0.39, 0.29) is 6.04 Å². The van der Waals surface area contributed by atoms with Crippen molar-refractivity contribution < 1.29 is 8.42 Å². The van der Waals surface area contributed by atoms with Crippen molar-refractivity contribution in [2.75, 3.05) is 19.3 Å². The molecule has 2 fully saturated rings. The van der Waals surface area contributed by atoms with Gasteiger partial charge in [0, 0.05) is 25.2 Å². The van der Waals surface area contributed by atoms with Gasteiger partial charge in [-0.15, -0.1) is 0 Å². The smallest absolute Gasteiger partial charge is 0.211 e. The summed E-state index contributed by atoms with van der Waals surface area (Å²) in [6.07, 6.45) is 7.00. The van der Waals surface area contributed by atoms with E-state index in [0.29, 0.717) is 12.6 Å². The lowest BCUT2D eigenvalue weighted by Crippen LogP contribution is -2.48. The summed E-state index contributed by atoms with van der Waals surface area (Å²) in [5.41, 5.74) is 0. The molecule has 0 radical (unpaired) electrons. The first-order chi connectivity index (χ1) is 7.07. The molecule has 0 aromatic carbocycles. The maximum absolute atomic E-state index is 11.6. The SMILES string of the molecule is CS(=O)(=O)N1CCCCC1CNC1CC1. The van der Waals surface area contributed by atoms with Crippen LogP contribution in [0.5, 0.6) is 0 Å². The average molecular weight is 232 g/mol. The molecule has 2 rings (SSSR count). The molecule has 1 atom stereocenters. The van der Waals surface area contributed by atoms with Gasteiger partial charge >= 0.3 is 0 Å². The van der Waals surface area contributed by atoms with E-state index in [1.807, 2.05) is 0 Å². The first-order valence-corrected chi connectivity index (χ1v) is 7.62. The predicted octanol–water partition coefficient (Wildman–Crippen LogP) is 0.552. The third kappa shape index (κ3) is 3.16. The summed E-state index contributed by atoms with van der Waals surface area (Å²) < 4.78 is 24.8. The minimum Gasteiger partial charge on any atom is -0.312 e. The highest BCUT2D eigenvalue weighted by atomic mass is 32.2. The zero-order valence-electron chi connectivity index (χ0n) is 9.28. The van der Waals surface area contributed by atoms with Crippen molar-refractivity contribution in [3.05, 3.63) is 0 Å². The fourth-order valence-electron chi connectivity index (χ4n) is 2.20. The van der Waals surface area contributed by atoms with Crippen molar-refractivity contribution in [1.29, 1.82) is 0 Å². The number of rotatable bonds is 4. The van der Waals surface area contributed by atoms with Gasteiger partial charge in [0.2, 0.25) is 10.0 Å². The largest absolute Gasteiger partial charge is 0.312 e. The molecule has 2 aliphatic rings. The molecule has 0 aromatic rings. The lowest BCUT2D eigenvalue weighted by atomic mass is 10.1. The van der Waals surface area contributed by atoms with E-state index >= 15 is 0 Å². The maximum Gasteiger partial charge on any atom is 0.211 e. The quantitative estimate of drug-likeness (QED) is 0.770. The Morgan fingerprint density at radius 3 is 2.60 bits per heavy atom. The second-order valence-electron chi connectivity index (χ2n) is 4.71. The van der Waals surface area contributed by atoms with Crippen LogP contribution < -0.4 is 5.32 Å². The fraction of sp³-hybridized carbons (Fsp3) is 1.00. The van der Waals surface area contributed by atoms with Gasteiger partial charge in [-0.1, -0.05) is 6.42 Å². The molecule has 1 unspecified atom stereocenters. The van der Waals surface area contributed by atoms with Crippen LogP contribution in [0.25, 0.3) is 0 Å². The molecule has 1 aliphatic carbocycles. The zero-order valence-corrected chi connectivity index (χ0v) is 10.1. The number of hydrogen-bond acceptors (Lipinski definition) is 3. The molecule has 1 heterocycles. The van der Waals surface area contributed by atoms with Crippen molar-refractivity contribution in [2.45, 2.75) is 44.2 Å². The molecule has 5 heteroatoms. The highest BCUT2D eigenvalue weighted by molar-refractivity contribution is 7.88. The van der Waals surface area contributed by atoms with E-state index in [4.69, 9.17) is 0 Å². The van der Waals surface area contributed by atoms with E-state index in [0.717, 1.165) is 25.8 Å². The molecule has 0 spiro atoms. The third-order valence-electron chi connectivity index (χ3n) is 3.22. The second kappa shape index (κ2) is 4.39. The van der Waals surface area contributed by atoms with Crippen LogP contribution >= 0.6 is 0 Å². The minimum absolute atomic E-state index is 0.189. The summed E-state index contributed by atoms with van der Waals surface area (Å²) in [5.74, 6) is 0. The maximum atomic E-state index is 11.6. The van der Waals surface area contributed by atoms with Crippen molar-refractivity contribution in [3.63, 3.8) is 0 Å². The number of sulfonamides is 1. The molecule has 1 aliphatic heterocycles. The third-order valence-corrected chi connectivity index (χ3v) is 4.55. The highest BCUT2D eigenvalue weighted by Gasteiger charge is 2.30. The van der Waals surface area contributed by atoms with E-state index in [1.165, 1.54) is 19.1 Å². The van der Waals surface area contributed by atoms with Crippen LogP contribution in [0.2, 0.25) is 0 Å². The van der Waals surface area contributed by atoms with E-state index in [1.54, 1.807) is 4.31 Å². The Hall–Kier alpha value is -0.130. The first-order valence-electron chi connectivity index (χ1n) is 5.77. The lowest BCUT2D eigenvalue weighted by molar-refractivity contribution is 0.246. The molecular formula is C10H20N2O2S. The summed E-state index contributed by atoms with van der Waals surface area (Å²) in [7, 11) is -3.01. The Bertz CT molecular complexity index is 311. The Balaban J connectivity index is 1.92. The topological polar surface area (TPSA) is 49.4 Å². The summed E-state index contributed by atoms with van der Waals surface area (Å²) in [6, 6.07) is 0.850. The summed E-state index contributed by atoms with van der Waals surface area (Å²) in [6.45, 7) is 1.54. The van der Waals surface area contributed by atoms with Gasteiger partial charge in [-0.25, -0.2) is 8.42 Å². The molecule has 1 N–H and O–H groups in total. The van der Waals surface area contributed by atoms with Crippen LogP contribution in [0.15, 0.2) is 0 Å². The Morgan fingerprint density at radius 2 is 2.00 bits per heavy atom. The second-order valence-corrected chi connectivity index (χ2v) is 6.64. The number of piperidine rings is 1. The number of nitrogens with zero attached hydrogens (tertiary/aromatic N) is 1. The van der Waals surface area contributed by atoms with Crippen LogP contribution in [0.1, 0.15) is 32.1 Å². The molecule has 1 saturated heterocycles. The van der Waals surface area contributed by atoms with Gasteiger partial charge < -0.3 is 5.32 Å². The van der Waals surface area contributed by atoms with Crippen LogP contribution in [0, 0.1) is 0 Å². The van der Waals surface area contributed by atoms with Crippen LogP contribution in [0.4, 0.5) is 0 Å². The van der Waals surface area contributed by atoms with Crippen molar-refractivity contribution in [2.24, 2.45) is 0 Å². The molecule has 1 saturated carbocycles. The minimum atomic E-state index is -3.01. The number of nitrogens with one attached hydrogen (secondary N) is 1. The van der Waals surface area contributed by atoms with Gasteiger partial charge in [0.25, 0.3) is 0 Å².